The van der Waals surface area contributed by atoms with E-state index in [1.165, 1.54) is 0 Å². The van der Waals surface area contributed by atoms with E-state index in [9.17, 15) is 4.79 Å². The molecule has 1 saturated carbocycles. The first-order valence-electron chi connectivity index (χ1n) is 8.02. The Kier molecular flexibility index (Phi) is 4.98. The van der Waals surface area contributed by atoms with Crippen molar-refractivity contribution < 1.29 is 9.53 Å². The molecule has 6 heteroatoms. The van der Waals surface area contributed by atoms with Crippen LogP contribution in [0.15, 0.2) is 0 Å². The van der Waals surface area contributed by atoms with Crippen LogP contribution in [-0.4, -0.2) is 34.0 Å². The summed E-state index contributed by atoms with van der Waals surface area (Å²) in [6.45, 7) is 9.66. The van der Waals surface area contributed by atoms with Crippen molar-refractivity contribution in [3.8, 4) is 0 Å². The van der Waals surface area contributed by atoms with E-state index in [1.807, 2.05) is 34.6 Å². The summed E-state index contributed by atoms with van der Waals surface area (Å²) < 4.78 is 5.31. The Morgan fingerprint density at radius 3 is 2.27 bits per heavy atom. The molecule has 1 aliphatic carbocycles. The number of aryl methyl sites for hydroxylation is 2. The number of aromatic amines is 1. The summed E-state index contributed by atoms with van der Waals surface area (Å²) >= 11 is 0. The number of ether oxygens (including phenoxy) is 1. The Morgan fingerprint density at radius 2 is 1.77 bits per heavy atom. The van der Waals surface area contributed by atoms with Crippen molar-refractivity contribution >= 4 is 11.8 Å². The van der Waals surface area contributed by atoms with Crippen LogP contribution in [0, 0.1) is 13.8 Å². The van der Waals surface area contributed by atoms with Crippen molar-refractivity contribution in [2.45, 2.75) is 78.0 Å². The van der Waals surface area contributed by atoms with Crippen molar-refractivity contribution in [2.24, 2.45) is 0 Å². The zero-order valence-electron chi connectivity index (χ0n) is 14.2. The van der Waals surface area contributed by atoms with Crippen molar-refractivity contribution in [1.82, 2.24) is 15.5 Å². The molecular weight excluding hydrogens is 280 g/mol. The number of H-pyrrole nitrogens is 1. The van der Waals surface area contributed by atoms with Crippen LogP contribution >= 0.6 is 0 Å². The van der Waals surface area contributed by atoms with E-state index in [4.69, 9.17) is 4.74 Å². The largest absolute Gasteiger partial charge is 0.444 e. The quantitative estimate of drug-likeness (QED) is 0.800. The van der Waals surface area contributed by atoms with Crippen molar-refractivity contribution in [2.75, 3.05) is 5.32 Å². The maximum absolute atomic E-state index is 11.8. The second-order valence-electron chi connectivity index (χ2n) is 7.15. The second-order valence-corrected chi connectivity index (χ2v) is 7.15. The maximum atomic E-state index is 11.8. The van der Waals surface area contributed by atoms with E-state index < -0.39 is 5.60 Å². The van der Waals surface area contributed by atoms with Gasteiger partial charge in [0.2, 0.25) is 0 Å². The van der Waals surface area contributed by atoms with E-state index in [0.29, 0.717) is 6.04 Å². The van der Waals surface area contributed by atoms with Crippen LogP contribution in [0.4, 0.5) is 10.5 Å². The van der Waals surface area contributed by atoms with E-state index in [-0.39, 0.29) is 12.1 Å². The summed E-state index contributed by atoms with van der Waals surface area (Å²) in [5, 5.41) is 13.7. The number of aromatic nitrogens is 2. The molecule has 124 valence electrons. The lowest BCUT2D eigenvalue weighted by atomic mass is 9.91. The van der Waals surface area contributed by atoms with Gasteiger partial charge in [-0.3, -0.25) is 5.10 Å². The smallest absolute Gasteiger partial charge is 0.407 e. The minimum absolute atomic E-state index is 0.208. The molecule has 0 saturated heterocycles. The summed E-state index contributed by atoms with van der Waals surface area (Å²) in [5.41, 5.74) is 2.75. The molecule has 1 heterocycles. The topological polar surface area (TPSA) is 79.0 Å². The Bertz CT molecular complexity index is 491. The lowest BCUT2D eigenvalue weighted by molar-refractivity contribution is 0.0492. The highest BCUT2D eigenvalue weighted by molar-refractivity contribution is 5.68. The monoisotopic (exact) mass is 308 g/mol. The van der Waals surface area contributed by atoms with Gasteiger partial charge >= 0.3 is 6.09 Å². The molecule has 1 aromatic heterocycles. The van der Waals surface area contributed by atoms with Crippen LogP contribution in [0.25, 0.3) is 0 Å². The molecule has 0 atom stereocenters. The Balaban J connectivity index is 1.77. The third-order valence-corrected chi connectivity index (χ3v) is 3.92. The van der Waals surface area contributed by atoms with Gasteiger partial charge in [-0.2, -0.15) is 5.10 Å². The summed E-state index contributed by atoms with van der Waals surface area (Å²) in [4.78, 5) is 11.8. The molecule has 1 amide bonds. The van der Waals surface area contributed by atoms with Gasteiger partial charge in [-0.25, -0.2) is 4.79 Å². The van der Waals surface area contributed by atoms with Gasteiger partial charge in [-0.05, 0) is 60.3 Å². The van der Waals surface area contributed by atoms with Gasteiger partial charge in [-0.15, -0.1) is 0 Å². The van der Waals surface area contributed by atoms with Crippen LogP contribution in [0.3, 0.4) is 0 Å². The Morgan fingerprint density at radius 1 is 1.18 bits per heavy atom. The zero-order chi connectivity index (χ0) is 16.3. The SMILES string of the molecule is Cc1n[nH]c(C)c1NC1CCC(NC(=O)OC(C)(C)C)CC1. The summed E-state index contributed by atoms with van der Waals surface area (Å²) in [5.74, 6) is 0. The fraction of sp³-hybridized carbons (Fsp3) is 0.750. The fourth-order valence-electron chi connectivity index (χ4n) is 2.82. The first kappa shape index (κ1) is 16.6. The molecule has 0 spiro atoms. The third-order valence-electron chi connectivity index (χ3n) is 3.92. The van der Waals surface area contributed by atoms with Crippen molar-refractivity contribution in [1.29, 1.82) is 0 Å². The molecule has 0 unspecified atom stereocenters. The van der Waals surface area contributed by atoms with E-state index >= 15 is 0 Å². The molecule has 3 N–H and O–H groups in total. The fourth-order valence-corrected chi connectivity index (χ4v) is 2.82. The number of alkyl carbamates (subject to hydrolysis) is 1. The molecule has 0 bridgehead atoms. The van der Waals surface area contributed by atoms with E-state index in [1.54, 1.807) is 0 Å². The first-order chi connectivity index (χ1) is 10.2. The maximum Gasteiger partial charge on any atom is 0.407 e. The Hall–Kier alpha value is -1.72. The first-order valence-corrected chi connectivity index (χ1v) is 8.02. The molecule has 0 aliphatic heterocycles. The number of hydrogen-bond acceptors (Lipinski definition) is 4. The van der Waals surface area contributed by atoms with Crippen LogP contribution in [0.2, 0.25) is 0 Å². The summed E-state index contributed by atoms with van der Waals surface area (Å²) in [7, 11) is 0. The highest BCUT2D eigenvalue weighted by Crippen LogP contribution is 2.25. The minimum Gasteiger partial charge on any atom is -0.444 e. The number of carbonyl (C=O) groups is 1. The van der Waals surface area contributed by atoms with Gasteiger partial charge in [0.15, 0.2) is 0 Å². The number of hydrogen-bond donors (Lipinski definition) is 3. The molecule has 6 nitrogen and oxygen atoms in total. The summed E-state index contributed by atoms with van der Waals surface area (Å²) in [6, 6.07) is 0.645. The number of rotatable bonds is 3. The van der Waals surface area contributed by atoms with Gasteiger partial charge in [0.25, 0.3) is 0 Å². The van der Waals surface area contributed by atoms with E-state index in [0.717, 1.165) is 42.8 Å². The standard InChI is InChI=1S/C16H28N4O2/c1-10-14(11(2)20-19-10)17-12-6-8-13(9-7-12)18-15(21)22-16(3,4)5/h12-13,17H,6-9H2,1-5H3,(H,18,21)(H,19,20). The van der Waals surface area contributed by atoms with Crippen LogP contribution in [0.5, 0.6) is 0 Å². The number of anilines is 1. The van der Waals surface area contributed by atoms with Gasteiger partial charge in [0, 0.05) is 12.1 Å². The van der Waals surface area contributed by atoms with Gasteiger partial charge < -0.3 is 15.4 Å². The van der Waals surface area contributed by atoms with Gasteiger partial charge in [0.05, 0.1) is 17.1 Å². The lowest BCUT2D eigenvalue weighted by Gasteiger charge is -2.31. The van der Waals surface area contributed by atoms with Crippen molar-refractivity contribution in [3.63, 3.8) is 0 Å². The zero-order valence-corrected chi connectivity index (χ0v) is 14.2. The predicted octanol–water partition coefficient (Wildman–Crippen LogP) is 3.27. The number of nitrogens with zero attached hydrogens (tertiary/aromatic N) is 1. The Labute approximate surface area is 132 Å². The number of amides is 1. The highest BCUT2D eigenvalue weighted by Gasteiger charge is 2.25. The molecule has 0 radical (unpaired) electrons. The second kappa shape index (κ2) is 6.58. The average molecular weight is 308 g/mol. The van der Waals surface area contributed by atoms with Gasteiger partial charge in [-0.1, -0.05) is 0 Å². The average Bonchev–Trinajstić information content (AvgIpc) is 2.70. The van der Waals surface area contributed by atoms with Gasteiger partial charge in [0.1, 0.15) is 5.60 Å². The van der Waals surface area contributed by atoms with Crippen LogP contribution in [-0.2, 0) is 4.74 Å². The third kappa shape index (κ3) is 4.64. The minimum atomic E-state index is -0.445. The molecule has 22 heavy (non-hydrogen) atoms. The molecule has 2 rings (SSSR count). The molecular formula is C16H28N4O2. The lowest BCUT2D eigenvalue weighted by Crippen LogP contribution is -2.42. The summed E-state index contributed by atoms with van der Waals surface area (Å²) in [6.07, 6.45) is 3.68. The molecule has 1 aromatic rings. The van der Waals surface area contributed by atoms with Crippen molar-refractivity contribution in [3.05, 3.63) is 11.4 Å². The number of nitrogens with one attached hydrogen (secondary N) is 3. The molecule has 1 aliphatic rings. The highest BCUT2D eigenvalue weighted by atomic mass is 16.6. The van der Waals surface area contributed by atoms with E-state index in [2.05, 4.69) is 20.8 Å². The molecule has 0 aromatic carbocycles. The predicted molar refractivity (Wildman–Crippen MR) is 87.1 cm³/mol. The van der Waals surface area contributed by atoms with Crippen LogP contribution < -0.4 is 10.6 Å². The normalized spacial score (nSPS) is 22.2. The molecule has 1 fully saturated rings. The van der Waals surface area contributed by atoms with Crippen LogP contribution in [0.1, 0.15) is 57.8 Å². The number of carbonyl (C=O) groups excluding carboxylic acids is 1.